The first-order valence-corrected chi connectivity index (χ1v) is 7.23. The molecule has 3 nitrogen and oxygen atoms in total. The van der Waals surface area contributed by atoms with Gasteiger partial charge >= 0.3 is 0 Å². The van der Waals surface area contributed by atoms with Crippen LogP contribution in [0.3, 0.4) is 0 Å². The van der Waals surface area contributed by atoms with Crippen LogP contribution in [0.25, 0.3) is 0 Å². The minimum absolute atomic E-state index is 0.252. The number of rotatable bonds is 7. The van der Waals surface area contributed by atoms with Gasteiger partial charge in [-0.15, -0.1) is 0 Å². The molecule has 0 amide bonds. The fourth-order valence-electron chi connectivity index (χ4n) is 3.02. The van der Waals surface area contributed by atoms with Crippen molar-refractivity contribution in [1.82, 2.24) is 10.2 Å². The monoisotopic (exact) mass is 242 g/mol. The van der Waals surface area contributed by atoms with Crippen LogP contribution in [0.4, 0.5) is 0 Å². The molecule has 0 aromatic rings. The molecule has 2 N–H and O–H groups in total. The van der Waals surface area contributed by atoms with Gasteiger partial charge in [0.15, 0.2) is 0 Å². The lowest BCUT2D eigenvalue weighted by Gasteiger charge is -2.36. The van der Waals surface area contributed by atoms with E-state index in [0.717, 1.165) is 31.5 Å². The lowest BCUT2D eigenvalue weighted by atomic mass is 9.85. The van der Waals surface area contributed by atoms with Crippen LogP contribution in [0.5, 0.6) is 0 Å². The third kappa shape index (κ3) is 4.94. The Kier molecular flexibility index (Phi) is 7.09. The molecule has 1 saturated carbocycles. The first kappa shape index (κ1) is 14.9. The van der Waals surface area contributed by atoms with E-state index in [-0.39, 0.29) is 12.6 Å². The summed E-state index contributed by atoms with van der Waals surface area (Å²) in [6.07, 6.45) is 6.57. The Morgan fingerprint density at radius 2 is 2.06 bits per heavy atom. The van der Waals surface area contributed by atoms with Crippen molar-refractivity contribution in [3.8, 4) is 0 Å². The number of hydrogen-bond acceptors (Lipinski definition) is 3. The molecule has 0 aromatic heterocycles. The molecule has 1 rings (SSSR count). The Hall–Kier alpha value is -0.120. The van der Waals surface area contributed by atoms with Gasteiger partial charge in [0, 0.05) is 12.1 Å². The Bertz CT molecular complexity index is 199. The van der Waals surface area contributed by atoms with Crippen molar-refractivity contribution in [3.63, 3.8) is 0 Å². The number of hydrogen-bond donors (Lipinski definition) is 2. The van der Waals surface area contributed by atoms with Crippen LogP contribution >= 0.6 is 0 Å². The second-order valence-corrected chi connectivity index (χ2v) is 5.54. The third-order valence-corrected chi connectivity index (χ3v) is 4.18. The van der Waals surface area contributed by atoms with Crippen LogP contribution in [-0.2, 0) is 0 Å². The maximum absolute atomic E-state index is 9.25. The zero-order valence-electron chi connectivity index (χ0n) is 11.8. The molecule has 17 heavy (non-hydrogen) atoms. The molecular weight excluding hydrogens is 212 g/mol. The molecule has 102 valence electrons. The minimum atomic E-state index is 0.252. The van der Waals surface area contributed by atoms with Gasteiger partial charge in [0.05, 0.1) is 6.61 Å². The average Bonchev–Trinajstić information content (AvgIpc) is 2.34. The number of likely N-dealkylation sites (N-methyl/N-ethyl adjacent to an activating group) is 1. The van der Waals surface area contributed by atoms with E-state index in [1.54, 1.807) is 0 Å². The first-order chi connectivity index (χ1) is 8.19. The van der Waals surface area contributed by atoms with E-state index in [1.807, 2.05) is 0 Å². The summed E-state index contributed by atoms with van der Waals surface area (Å²) in [6.45, 7) is 6.76. The molecule has 3 heteroatoms. The molecule has 0 spiro atoms. The van der Waals surface area contributed by atoms with E-state index in [9.17, 15) is 5.11 Å². The van der Waals surface area contributed by atoms with Crippen molar-refractivity contribution in [3.05, 3.63) is 0 Å². The smallest absolute Gasteiger partial charge is 0.0585 e. The van der Waals surface area contributed by atoms with E-state index in [0.29, 0.717) is 0 Å². The second kappa shape index (κ2) is 8.06. The van der Waals surface area contributed by atoms with E-state index < -0.39 is 0 Å². The lowest BCUT2D eigenvalue weighted by Crippen LogP contribution is -2.42. The zero-order chi connectivity index (χ0) is 12.7. The van der Waals surface area contributed by atoms with Crippen LogP contribution in [0.1, 0.15) is 46.0 Å². The molecule has 1 aliphatic carbocycles. The van der Waals surface area contributed by atoms with Gasteiger partial charge in [0.2, 0.25) is 0 Å². The molecule has 0 bridgehead atoms. The summed E-state index contributed by atoms with van der Waals surface area (Å²) in [6, 6.07) is 1.02. The highest BCUT2D eigenvalue weighted by molar-refractivity contribution is 4.80. The van der Waals surface area contributed by atoms with Gasteiger partial charge in [-0.25, -0.2) is 0 Å². The van der Waals surface area contributed by atoms with Gasteiger partial charge in [-0.2, -0.15) is 0 Å². The molecule has 0 aromatic carbocycles. The predicted octanol–water partition coefficient (Wildman–Crippen LogP) is 1.86. The standard InChI is InChI=1S/C14H30N2O/c1-4-15-13(11-17)9-10-16(3)14-8-6-5-7-12(14)2/h12-15,17H,4-11H2,1-3H3. The van der Waals surface area contributed by atoms with E-state index in [4.69, 9.17) is 0 Å². The van der Waals surface area contributed by atoms with E-state index >= 15 is 0 Å². The fraction of sp³-hybridized carbons (Fsp3) is 1.00. The molecule has 1 aliphatic rings. The quantitative estimate of drug-likeness (QED) is 0.715. The van der Waals surface area contributed by atoms with E-state index in [1.165, 1.54) is 25.7 Å². The van der Waals surface area contributed by atoms with Crippen molar-refractivity contribution in [2.75, 3.05) is 26.7 Å². The summed E-state index contributed by atoms with van der Waals surface area (Å²) >= 11 is 0. The van der Waals surface area contributed by atoms with Gasteiger partial charge in [-0.05, 0) is 45.3 Å². The minimum Gasteiger partial charge on any atom is -0.395 e. The molecule has 1 fully saturated rings. The highest BCUT2D eigenvalue weighted by atomic mass is 16.3. The average molecular weight is 242 g/mol. The Labute approximate surface area is 107 Å². The number of aliphatic hydroxyl groups is 1. The summed E-state index contributed by atoms with van der Waals surface area (Å²) in [7, 11) is 2.24. The normalized spacial score (nSPS) is 27.4. The third-order valence-electron chi connectivity index (χ3n) is 4.18. The summed E-state index contributed by atoms with van der Waals surface area (Å²) in [5, 5.41) is 12.6. The van der Waals surface area contributed by atoms with Crippen molar-refractivity contribution in [1.29, 1.82) is 0 Å². The molecular formula is C14H30N2O. The fourth-order valence-corrected chi connectivity index (χ4v) is 3.02. The van der Waals surface area contributed by atoms with Crippen LogP contribution in [0.2, 0.25) is 0 Å². The number of aliphatic hydroxyl groups excluding tert-OH is 1. The summed E-state index contributed by atoms with van der Waals surface area (Å²) in [4.78, 5) is 2.50. The SMILES string of the molecule is CCNC(CO)CCN(C)C1CCCCC1C. The number of nitrogens with zero attached hydrogens (tertiary/aromatic N) is 1. The highest BCUT2D eigenvalue weighted by Crippen LogP contribution is 2.27. The van der Waals surface area contributed by atoms with Gasteiger partial charge in [0.25, 0.3) is 0 Å². The summed E-state index contributed by atoms with van der Waals surface area (Å²) in [5.74, 6) is 0.834. The van der Waals surface area contributed by atoms with Crippen LogP contribution in [-0.4, -0.2) is 48.8 Å². The van der Waals surface area contributed by atoms with Crippen LogP contribution in [0.15, 0.2) is 0 Å². The molecule has 0 radical (unpaired) electrons. The van der Waals surface area contributed by atoms with Crippen molar-refractivity contribution in [2.24, 2.45) is 5.92 Å². The van der Waals surface area contributed by atoms with Crippen LogP contribution in [0, 0.1) is 5.92 Å². The van der Waals surface area contributed by atoms with Gasteiger partial charge in [0.1, 0.15) is 0 Å². The summed E-state index contributed by atoms with van der Waals surface area (Å²) < 4.78 is 0. The van der Waals surface area contributed by atoms with Crippen LogP contribution < -0.4 is 5.32 Å². The Morgan fingerprint density at radius 3 is 2.65 bits per heavy atom. The second-order valence-electron chi connectivity index (χ2n) is 5.54. The maximum Gasteiger partial charge on any atom is 0.0585 e. The summed E-state index contributed by atoms with van der Waals surface area (Å²) in [5.41, 5.74) is 0. The maximum atomic E-state index is 9.25. The first-order valence-electron chi connectivity index (χ1n) is 7.23. The van der Waals surface area contributed by atoms with E-state index in [2.05, 4.69) is 31.1 Å². The molecule has 3 unspecified atom stereocenters. The predicted molar refractivity (Wildman–Crippen MR) is 73.2 cm³/mol. The lowest BCUT2D eigenvalue weighted by molar-refractivity contribution is 0.128. The van der Waals surface area contributed by atoms with Crippen molar-refractivity contribution < 1.29 is 5.11 Å². The van der Waals surface area contributed by atoms with Gasteiger partial charge in [-0.1, -0.05) is 26.7 Å². The Morgan fingerprint density at radius 1 is 1.35 bits per heavy atom. The highest BCUT2D eigenvalue weighted by Gasteiger charge is 2.24. The molecule has 0 heterocycles. The van der Waals surface area contributed by atoms with Gasteiger partial charge < -0.3 is 15.3 Å². The molecule has 0 aliphatic heterocycles. The zero-order valence-corrected chi connectivity index (χ0v) is 11.8. The topological polar surface area (TPSA) is 35.5 Å². The van der Waals surface area contributed by atoms with Crippen molar-refractivity contribution in [2.45, 2.75) is 58.0 Å². The van der Waals surface area contributed by atoms with Crippen molar-refractivity contribution >= 4 is 0 Å². The molecule has 3 atom stereocenters. The number of nitrogens with one attached hydrogen (secondary N) is 1. The van der Waals surface area contributed by atoms with Gasteiger partial charge in [-0.3, -0.25) is 0 Å². The largest absolute Gasteiger partial charge is 0.395 e. The Balaban J connectivity index is 2.29. The molecule has 0 saturated heterocycles.